The zero-order valence-corrected chi connectivity index (χ0v) is 18.8. The van der Waals surface area contributed by atoms with Gasteiger partial charge >= 0.3 is 0 Å². The van der Waals surface area contributed by atoms with Crippen LogP contribution in [-0.2, 0) is 17.6 Å². The second-order valence-corrected chi connectivity index (χ2v) is 9.07. The van der Waals surface area contributed by atoms with Gasteiger partial charge in [0, 0.05) is 16.0 Å². The molecule has 0 radical (unpaired) electrons. The quantitative estimate of drug-likeness (QED) is 0.527. The standard InChI is InChI=1S/C20H27N5OS2/c1-6-7-8-9-17-13(3)24-25(14(17)4)20-22-16(11-27-20)10-18(26)23-19-21-12(2)15(5)28-19/h11H,6-10H2,1-5H3,(H,21,23,26). The fourth-order valence-corrected chi connectivity index (χ4v) is 4.76. The Balaban J connectivity index is 1.68. The van der Waals surface area contributed by atoms with Crippen molar-refractivity contribution < 1.29 is 4.79 Å². The van der Waals surface area contributed by atoms with Crippen molar-refractivity contribution in [2.75, 3.05) is 5.32 Å². The summed E-state index contributed by atoms with van der Waals surface area (Å²) in [4.78, 5) is 22.4. The molecule has 0 aliphatic rings. The zero-order chi connectivity index (χ0) is 20.3. The minimum atomic E-state index is -0.0979. The Labute approximate surface area is 174 Å². The van der Waals surface area contributed by atoms with Crippen LogP contribution in [0.2, 0.25) is 0 Å². The third-order valence-corrected chi connectivity index (χ3v) is 6.66. The topological polar surface area (TPSA) is 72.7 Å². The Bertz CT molecular complexity index is 950. The molecule has 0 saturated carbocycles. The van der Waals surface area contributed by atoms with E-state index in [0.717, 1.165) is 39.2 Å². The summed E-state index contributed by atoms with van der Waals surface area (Å²) in [7, 11) is 0. The zero-order valence-electron chi connectivity index (χ0n) is 17.1. The second-order valence-electron chi connectivity index (χ2n) is 7.03. The van der Waals surface area contributed by atoms with Gasteiger partial charge in [-0.15, -0.1) is 22.7 Å². The fraction of sp³-hybridized carbons (Fsp3) is 0.500. The minimum Gasteiger partial charge on any atom is -0.302 e. The van der Waals surface area contributed by atoms with Gasteiger partial charge in [0.15, 0.2) is 5.13 Å². The van der Waals surface area contributed by atoms with Crippen molar-refractivity contribution in [3.05, 3.63) is 38.6 Å². The van der Waals surface area contributed by atoms with Crippen LogP contribution < -0.4 is 5.32 Å². The lowest BCUT2D eigenvalue weighted by atomic mass is 10.1. The third-order valence-electron chi connectivity index (χ3n) is 4.81. The lowest BCUT2D eigenvalue weighted by molar-refractivity contribution is -0.115. The van der Waals surface area contributed by atoms with Crippen LogP contribution in [0.3, 0.4) is 0 Å². The van der Waals surface area contributed by atoms with E-state index in [4.69, 9.17) is 0 Å². The van der Waals surface area contributed by atoms with Crippen molar-refractivity contribution in [2.24, 2.45) is 0 Å². The van der Waals surface area contributed by atoms with Gasteiger partial charge in [-0.2, -0.15) is 5.10 Å². The molecule has 6 nitrogen and oxygen atoms in total. The Kier molecular flexibility index (Phi) is 6.61. The monoisotopic (exact) mass is 417 g/mol. The Morgan fingerprint density at radius 2 is 1.93 bits per heavy atom. The van der Waals surface area contributed by atoms with Crippen LogP contribution in [-0.4, -0.2) is 25.7 Å². The number of amides is 1. The number of rotatable bonds is 8. The molecule has 3 aromatic heterocycles. The normalized spacial score (nSPS) is 11.2. The van der Waals surface area contributed by atoms with Gasteiger partial charge in [0.1, 0.15) is 0 Å². The minimum absolute atomic E-state index is 0.0979. The highest BCUT2D eigenvalue weighted by molar-refractivity contribution is 7.15. The van der Waals surface area contributed by atoms with Gasteiger partial charge in [0.25, 0.3) is 0 Å². The van der Waals surface area contributed by atoms with Crippen LogP contribution >= 0.6 is 22.7 Å². The first-order valence-corrected chi connectivity index (χ1v) is 11.3. The molecule has 8 heteroatoms. The summed E-state index contributed by atoms with van der Waals surface area (Å²) in [6.45, 7) is 10.3. The van der Waals surface area contributed by atoms with Crippen LogP contribution in [0, 0.1) is 27.7 Å². The molecule has 150 valence electrons. The van der Waals surface area contributed by atoms with E-state index in [1.165, 1.54) is 47.5 Å². The number of hydrogen-bond donors (Lipinski definition) is 1. The van der Waals surface area contributed by atoms with Gasteiger partial charge in [-0.05, 0) is 46.1 Å². The average molecular weight is 418 g/mol. The van der Waals surface area contributed by atoms with E-state index < -0.39 is 0 Å². The van der Waals surface area contributed by atoms with Crippen LogP contribution in [0.25, 0.3) is 5.13 Å². The van der Waals surface area contributed by atoms with Crippen molar-refractivity contribution in [3.63, 3.8) is 0 Å². The maximum atomic E-state index is 12.3. The fourth-order valence-electron chi connectivity index (χ4n) is 3.10. The van der Waals surface area contributed by atoms with Gasteiger partial charge in [-0.25, -0.2) is 14.6 Å². The average Bonchev–Trinajstić information content (AvgIpc) is 3.29. The SMILES string of the molecule is CCCCCc1c(C)nn(-c2nc(CC(=O)Nc3nc(C)c(C)s3)cs2)c1C. The maximum Gasteiger partial charge on any atom is 0.232 e. The van der Waals surface area contributed by atoms with Crippen LogP contribution in [0.15, 0.2) is 5.38 Å². The molecule has 3 aromatic rings. The van der Waals surface area contributed by atoms with Crippen molar-refractivity contribution in [2.45, 2.75) is 66.7 Å². The molecule has 3 heterocycles. The summed E-state index contributed by atoms with van der Waals surface area (Å²) >= 11 is 3.01. The summed E-state index contributed by atoms with van der Waals surface area (Å²) in [6.07, 6.45) is 4.92. The second kappa shape index (κ2) is 8.96. The Hall–Kier alpha value is -2.06. The van der Waals surface area contributed by atoms with E-state index in [0.29, 0.717) is 5.13 Å². The van der Waals surface area contributed by atoms with Crippen LogP contribution in [0.5, 0.6) is 0 Å². The molecule has 0 unspecified atom stereocenters. The van der Waals surface area contributed by atoms with Crippen molar-refractivity contribution >= 4 is 33.7 Å². The molecule has 0 aliphatic carbocycles. The summed E-state index contributed by atoms with van der Waals surface area (Å²) in [5.41, 5.74) is 5.24. The molecular formula is C20H27N5OS2. The number of nitrogens with one attached hydrogen (secondary N) is 1. The molecule has 0 aromatic carbocycles. The molecule has 0 aliphatic heterocycles. The first-order valence-electron chi connectivity index (χ1n) is 9.62. The lowest BCUT2D eigenvalue weighted by Crippen LogP contribution is -2.14. The largest absolute Gasteiger partial charge is 0.302 e. The van der Waals surface area contributed by atoms with E-state index in [9.17, 15) is 4.79 Å². The number of nitrogens with zero attached hydrogens (tertiary/aromatic N) is 4. The first-order chi connectivity index (χ1) is 13.4. The molecule has 0 bridgehead atoms. The highest BCUT2D eigenvalue weighted by Gasteiger charge is 2.16. The van der Waals surface area contributed by atoms with E-state index in [-0.39, 0.29) is 12.3 Å². The smallest absolute Gasteiger partial charge is 0.232 e. The van der Waals surface area contributed by atoms with Crippen molar-refractivity contribution in [1.82, 2.24) is 19.7 Å². The van der Waals surface area contributed by atoms with Crippen LogP contribution in [0.4, 0.5) is 5.13 Å². The van der Waals surface area contributed by atoms with Gasteiger partial charge in [0.2, 0.25) is 11.0 Å². The summed E-state index contributed by atoms with van der Waals surface area (Å²) in [6, 6.07) is 0. The molecule has 0 spiro atoms. The highest BCUT2D eigenvalue weighted by atomic mass is 32.1. The molecule has 28 heavy (non-hydrogen) atoms. The van der Waals surface area contributed by atoms with Crippen molar-refractivity contribution in [1.29, 1.82) is 0 Å². The van der Waals surface area contributed by atoms with Gasteiger partial charge < -0.3 is 5.32 Å². The number of aromatic nitrogens is 4. The number of anilines is 1. The molecule has 0 saturated heterocycles. The molecule has 1 amide bonds. The van der Waals surface area contributed by atoms with Gasteiger partial charge in [-0.3, -0.25) is 4.79 Å². The number of unbranched alkanes of at least 4 members (excludes halogenated alkanes) is 2. The number of carbonyl (C=O) groups is 1. The molecule has 1 N–H and O–H groups in total. The summed E-state index contributed by atoms with van der Waals surface area (Å²) in [5.74, 6) is -0.0979. The van der Waals surface area contributed by atoms with E-state index in [2.05, 4.69) is 41.2 Å². The summed E-state index contributed by atoms with van der Waals surface area (Å²) < 4.78 is 1.91. The third kappa shape index (κ3) is 4.67. The van der Waals surface area contributed by atoms with Gasteiger partial charge in [0.05, 0.1) is 23.5 Å². The number of carbonyl (C=O) groups excluding carboxylic acids is 1. The van der Waals surface area contributed by atoms with E-state index in [1.807, 2.05) is 23.9 Å². The van der Waals surface area contributed by atoms with Crippen molar-refractivity contribution in [3.8, 4) is 5.13 Å². The molecule has 0 atom stereocenters. The van der Waals surface area contributed by atoms with E-state index in [1.54, 1.807) is 0 Å². The summed E-state index contributed by atoms with van der Waals surface area (Å²) in [5, 5.41) is 10.9. The Morgan fingerprint density at radius 1 is 1.14 bits per heavy atom. The number of thiazole rings is 2. The Morgan fingerprint density at radius 3 is 2.61 bits per heavy atom. The molecule has 0 fully saturated rings. The maximum absolute atomic E-state index is 12.3. The van der Waals surface area contributed by atoms with Gasteiger partial charge in [-0.1, -0.05) is 19.8 Å². The van der Waals surface area contributed by atoms with E-state index >= 15 is 0 Å². The number of hydrogen-bond acceptors (Lipinski definition) is 6. The predicted molar refractivity (Wildman–Crippen MR) is 116 cm³/mol. The molecule has 3 rings (SSSR count). The first kappa shape index (κ1) is 20.7. The molecular weight excluding hydrogens is 390 g/mol. The number of aryl methyl sites for hydroxylation is 3. The predicted octanol–water partition coefficient (Wildman–Crippen LogP) is 4.93. The van der Waals surface area contributed by atoms with Crippen LogP contribution in [0.1, 0.15) is 59.4 Å². The lowest BCUT2D eigenvalue weighted by Gasteiger charge is -2.02. The highest BCUT2D eigenvalue weighted by Crippen LogP contribution is 2.24.